The van der Waals surface area contributed by atoms with Gasteiger partial charge in [0.05, 0.1) is 22.8 Å². The van der Waals surface area contributed by atoms with Gasteiger partial charge in [-0.15, -0.1) is 0 Å². The number of nitrogens with one attached hydrogen (secondary N) is 1. The first-order valence-corrected chi connectivity index (χ1v) is 10.1. The molecule has 158 valence electrons. The van der Waals surface area contributed by atoms with E-state index in [0.717, 1.165) is 16.3 Å². The topological polar surface area (TPSA) is 64.0 Å². The van der Waals surface area contributed by atoms with E-state index >= 15 is 0 Å². The van der Waals surface area contributed by atoms with Crippen LogP contribution in [-0.2, 0) is 16.2 Å². The quantitative estimate of drug-likeness (QED) is 0.570. The first kappa shape index (κ1) is 21.7. The van der Waals surface area contributed by atoms with Crippen LogP contribution in [0.1, 0.15) is 11.3 Å². The number of halogens is 4. The standard InChI is InChI=1S/C20H17F4N3O2S/c1-13-3-5-15(6-4-13)18-11-19(20(22,23)24)26-27(18)16-7-9-17(10-8-16)30(28,29)25-12-14(2)21/h3-11,25H,2,12H2,1H3. The summed E-state index contributed by atoms with van der Waals surface area (Å²) in [6, 6.07) is 12.9. The summed E-state index contributed by atoms with van der Waals surface area (Å²) < 4.78 is 79.9. The minimum atomic E-state index is -4.65. The third kappa shape index (κ3) is 4.77. The maximum absolute atomic E-state index is 13.2. The van der Waals surface area contributed by atoms with Crippen LogP contribution in [0.5, 0.6) is 0 Å². The fourth-order valence-corrected chi connectivity index (χ4v) is 3.68. The number of nitrogens with zero attached hydrogens (tertiary/aromatic N) is 2. The van der Waals surface area contributed by atoms with Gasteiger partial charge < -0.3 is 0 Å². The molecule has 0 saturated carbocycles. The zero-order valence-electron chi connectivity index (χ0n) is 15.7. The van der Waals surface area contributed by atoms with Crippen LogP contribution >= 0.6 is 0 Å². The van der Waals surface area contributed by atoms with Gasteiger partial charge in [-0.3, -0.25) is 0 Å². The number of aromatic nitrogens is 2. The van der Waals surface area contributed by atoms with Crippen LogP contribution in [0.2, 0.25) is 0 Å². The molecule has 0 aliphatic rings. The Bertz CT molecular complexity index is 1170. The van der Waals surface area contributed by atoms with Crippen molar-refractivity contribution in [3.8, 4) is 16.9 Å². The molecule has 0 fully saturated rings. The fourth-order valence-electron chi connectivity index (χ4n) is 2.67. The van der Waals surface area contributed by atoms with Crippen molar-refractivity contribution >= 4 is 10.0 Å². The highest BCUT2D eigenvalue weighted by Crippen LogP contribution is 2.33. The lowest BCUT2D eigenvalue weighted by Gasteiger charge is -2.10. The van der Waals surface area contributed by atoms with Gasteiger partial charge in [-0.05, 0) is 37.3 Å². The maximum Gasteiger partial charge on any atom is 0.435 e. The molecule has 3 aromatic rings. The first-order chi connectivity index (χ1) is 14.0. The second-order valence-corrected chi connectivity index (χ2v) is 8.29. The van der Waals surface area contributed by atoms with E-state index in [-0.39, 0.29) is 16.3 Å². The van der Waals surface area contributed by atoms with E-state index in [1.54, 1.807) is 24.3 Å². The number of benzene rings is 2. The SMILES string of the molecule is C=C(F)CNS(=O)(=O)c1ccc(-n2nc(C(F)(F)F)cc2-c2ccc(C)cc2)cc1. The summed E-state index contributed by atoms with van der Waals surface area (Å²) in [5.41, 5.74) is 0.819. The van der Waals surface area contributed by atoms with E-state index in [4.69, 9.17) is 0 Å². The Hall–Kier alpha value is -2.98. The number of aryl methyl sites for hydroxylation is 1. The molecule has 10 heteroatoms. The minimum Gasteiger partial charge on any atom is -0.233 e. The molecular formula is C20H17F4N3O2S. The number of sulfonamides is 1. The summed E-state index contributed by atoms with van der Waals surface area (Å²) in [7, 11) is -4.00. The lowest BCUT2D eigenvalue weighted by Crippen LogP contribution is -2.25. The van der Waals surface area contributed by atoms with Crippen LogP contribution in [0.25, 0.3) is 16.9 Å². The highest BCUT2D eigenvalue weighted by atomic mass is 32.2. The van der Waals surface area contributed by atoms with E-state index < -0.39 is 34.3 Å². The van der Waals surface area contributed by atoms with Crippen molar-refractivity contribution in [1.29, 1.82) is 0 Å². The van der Waals surface area contributed by atoms with Gasteiger partial charge in [0, 0.05) is 5.56 Å². The molecule has 0 spiro atoms. The number of hydrogen-bond acceptors (Lipinski definition) is 3. The van der Waals surface area contributed by atoms with Gasteiger partial charge >= 0.3 is 6.18 Å². The van der Waals surface area contributed by atoms with Crippen molar-refractivity contribution in [2.24, 2.45) is 0 Å². The van der Waals surface area contributed by atoms with Crippen LogP contribution < -0.4 is 4.72 Å². The van der Waals surface area contributed by atoms with E-state index in [2.05, 4.69) is 11.7 Å². The average molecular weight is 439 g/mol. The summed E-state index contributed by atoms with van der Waals surface area (Å²) in [5.74, 6) is -0.853. The van der Waals surface area contributed by atoms with Gasteiger partial charge in [-0.1, -0.05) is 36.4 Å². The molecule has 0 radical (unpaired) electrons. The number of rotatable bonds is 6. The molecule has 0 aliphatic carbocycles. The molecule has 5 nitrogen and oxygen atoms in total. The molecule has 1 heterocycles. The molecule has 1 N–H and O–H groups in total. The Morgan fingerprint density at radius 3 is 2.23 bits per heavy atom. The smallest absolute Gasteiger partial charge is 0.233 e. The Morgan fingerprint density at radius 1 is 1.10 bits per heavy atom. The van der Waals surface area contributed by atoms with E-state index in [9.17, 15) is 26.0 Å². The second-order valence-electron chi connectivity index (χ2n) is 6.53. The zero-order chi connectivity index (χ0) is 22.1. The summed E-state index contributed by atoms with van der Waals surface area (Å²) in [6.07, 6.45) is -4.65. The normalized spacial score (nSPS) is 12.2. The van der Waals surface area contributed by atoms with Crippen molar-refractivity contribution in [2.75, 3.05) is 6.54 Å². The molecule has 3 rings (SSSR count). The first-order valence-electron chi connectivity index (χ1n) is 8.65. The predicted molar refractivity (Wildman–Crippen MR) is 104 cm³/mol. The van der Waals surface area contributed by atoms with Crippen molar-refractivity contribution in [2.45, 2.75) is 18.0 Å². The second kappa shape index (κ2) is 8.04. The Labute approximate surface area is 170 Å². The van der Waals surface area contributed by atoms with Gasteiger partial charge in [-0.25, -0.2) is 22.2 Å². The summed E-state index contributed by atoms with van der Waals surface area (Å²) in [4.78, 5) is -0.174. The minimum absolute atomic E-state index is 0.174. The molecule has 0 amide bonds. The molecule has 1 aromatic heterocycles. The van der Waals surface area contributed by atoms with Crippen molar-refractivity contribution in [3.05, 3.63) is 78.3 Å². The van der Waals surface area contributed by atoms with Gasteiger partial charge in [0.1, 0.15) is 5.83 Å². The lowest BCUT2D eigenvalue weighted by atomic mass is 10.1. The Kier molecular flexibility index (Phi) is 5.82. The highest BCUT2D eigenvalue weighted by molar-refractivity contribution is 7.89. The third-order valence-electron chi connectivity index (χ3n) is 4.19. The Balaban J connectivity index is 2.03. The van der Waals surface area contributed by atoms with Crippen molar-refractivity contribution in [1.82, 2.24) is 14.5 Å². The van der Waals surface area contributed by atoms with Crippen LogP contribution in [0.4, 0.5) is 17.6 Å². The van der Waals surface area contributed by atoms with E-state index in [0.29, 0.717) is 5.56 Å². The molecule has 30 heavy (non-hydrogen) atoms. The molecule has 0 aliphatic heterocycles. The average Bonchev–Trinajstić information content (AvgIpc) is 3.13. The van der Waals surface area contributed by atoms with Crippen LogP contribution in [-0.4, -0.2) is 24.7 Å². The summed E-state index contributed by atoms with van der Waals surface area (Å²) in [6.45, 7) is 4.26. The van der Waals surface area contributed by atoms with Crippen LogP contribution in [0.15, 0.2) is 71.9 Å². The summed E-state index contributed by atoms with van der Waals surface area (Å²) in [5, 5.41) is 3.67. The zero-order valence-corrected chi connectivity index (χ0v) is 16.6. The Morgan fingerprint density at radius 2 is 1.70 bits per heavy atom. The molecule has 2 aromatic carbocycles. The van der Waals surface area contributed by atoms with Gasteiger partial charge in [0.2, 0.25) is 10.0 Å². The highest BCUT2D eigenvalue weighted by Gasteiger charge is 2.35. The molecule has 0 saturated heterocycles. The van der Waals surface area contributed by atoms with Gasteiger partial charge in [-0.2, -0.15) is 18.3 Å². The molecule has 0 atom stereocenters. The largest absolute Gasteiger partial charge is 0.435 e. The summed E-state index contributed by atoms with van der Waals surface area (Å²) >= 11 is 0. The maximum atomic E-state index is 13.2. The lowest BCUT2D eigenvalue weighted by molar-refractivity contribution is -0.141. The van der Waals surface area contributed by atoms with Gasteiger partial charge in [0.25, 0.3) is 0 Å². The van der Waals surface area contributed by atoms with E-state index in [1.165, 1.54) is 24.3 Å². The number of hydrogen-bond donors (Lipinski definition) is 1. The van der Waals surface area contributed by atoms with Gasteiger partial charge in [0.15, 0.2) is 5.69 Å². The van der Waals surface area contributed by atoms with E-state index in [1.807, 2.05) is 11.6 Å². The van der Waals surface area contributed by atoms with Crippen molar-refractivity contribution < 1.29 is 26.0 Å². The predicted octanol–water partition coefficient (Wildman–Crippen LogP) is 4.63. The molecule has 0 bridgehead atoms. The fraction of sp³-hybridized carbons (Fsp3) is 0.150. The third-order valence-corrected chi connectivity index (χ3v) is 5.61. The monoisotopic (exact) mass is 439 g/mol. The van der Waals surface area contributed by atoms with Crippen LogP contribution in [0, 0.1) is 6.92 Å². The van der Waals surface area contributed by atoms with Crippen molar-refractivity contribution in [3.63, 3.8) is 0 Å². The number of alkyl halides is 3. The molecule has 0 unspecified atom stereocenters. The van der Waals surface area contributed by atoms with Crippen LogP contribution in [0.3, 0.4) is 0 Å². The molecular weight excluding hydrogens is 422 g/mol.